The minimum Gasteiger partial charge on any atom is -0.149 e. The fraction of sp³-hybridized carbons (Fsp3) is 0.167. The third-order valence-electron chi connectivity index (χ3n) is 7.62. The van der Waals surface area contributed by atoms with E-state index < -0.39 is 0 Å². The molecule has 0 N–H and O–H groups in total. The summed E-state index contributed by atoms with van der Waals surface area (Å²) in [6, 6.07) is 14.4. The molecule has 210 valence electrons. The van der Waals surface area contributed by atoms with Crippen LogP contribution in [0.3, 0.4) is 0 Å². The lowest BCUT2D eigenvalue weighted by Crippen LogP contribution is -2.00. The Balaban J connectivity index is 1.80. The van der Waals surface area contributed by atoms with E-state index >= 15 is 0 Å². The van der Waals surface area contributed by atoms with Crippen molar-refractivity contribution in [3.63, 3.8) is 0 Å². The van der Waals surface area contributed by atoms with Gasteiger partial charge in [0.1, 0.15) is 0 Å². The molecular formula is C36H30S6. The van der Waals surface area contributed by atoms with Crippen LogP contribution in [0.5, 0.6) is 0 Å². The average Bonchev–Trinajstić information content (AvgIpc) is 3.78. The Labute approximate surface area is 272 Å². The molecule has 6 heterocycles. The molecule has 0 aliphatic heterocycles. The molecule has 0 amide bonds. The van der Waals surface area contributed by atoms with E-state index in [1.165, 1.54) is 96.0 Å². The molecule has 0 saturated heterocycles. The van der Waals surface area contributed by atoms with Crippen LogP contribution in [0.1, 0.15) is 29.3 Å². The van der Waals surface area contributed by atoms with Crippen molar-refractivity contribution < 1.29 is 0 Å². The van der Waals surface area contributed by atoms with Gasteiger partial charge in [0.2, 0.25) is 0 Å². The first-order valence-corrected chi connectivity index (χ1v) is 19.1. The average molecular weight is 655 g/mol. The van der Waals surface area contributed by atoms with Gasteiger partial charge in [-0.2, -0.15) is 0 Å². The van der Waals surface area contributed by atoms with Gasteiger partial charge in [-0.1, -0.05) is 0 Å². The first kappa shape index (κ1) is 28.2. The molecule has 0 atom stereocenters. The van der Waals surface area contributed by atoms with Gasteiger partial charge in [-0.3, -0.25) is 0 Å². The van der Waals surface area contributed by atoms with E-state index in [-0.39, 0.29) is 0 Å². The predicted molar refractivity (Wildman–Crippen MR) is 195 cm³/mol. The number of aryl methyl sites for hydroxylation is 6. The van der Waals surface area contributed by atoms with Crippen molar-refractivity contribution in [3.8, 4) is 66.8 Å². The summed E-state index contributed by atoms with van der Waals surface area (Å²) in [4.78, 5) is 8.02. The molecule has 0 aliphatic carbocycles. The highest BCUT2D eigenvalue weighted by molar-refractivity contribution is 7.12. The maximum Gasteiger partial charge on any atom is 0.00205 e. The highest BCUT2D eigenvalue weighted by Gasteiger charge is 2.30. The van der Waals surface area contributed by atoms with Gasteiger partial charge in [-0.05, 0) is 177 Å². The molecule has 0 nitrogen and oxygen atoms in total. The quantitative estimate of drug-likeness (QED) is 0.167. The topological polar surface area (TPSA) is 0 Å². The molecule has 42 heavy (non-hydrogen) atoms. The van der Waals surface area contributed by atoms with Crippen LogP contribution in [-0.4, -0.2) is 0 Å². The third kappa shape index (κ3) is 5.02. The first-order valence-electron chi connectivity index (χ1n) is 13.8. The Morgan fingerprint density at radius 1 is 0.262 bits per heavy atom. The fourth-order valence-corrected chi connectivity index (χ4v) is 10.1. The van der Waals surface area contributed by atoms with Crippen LogP contribution < -0.4 is 0 Å². The largest absolute Gasteiger partial charge is 0.149 e. The minimum atomic E-state index is 1.31. The standard InChI is InChI=1S/C36H30S6/c1-19-7-25(13-37-19)31-32(26-8-20(2)38-14-26)34(28-10-22(4)40-16-28)36(30-12-24(6)42-18-30)35(29-11-23(5)41-17-29)33(31)27-9-21(3)39-15-27/h7-18H,1-6H3. The first-order chi connectivity index (χ1) is 20.3. The Hall–Kier alpha value is -2.58. The summed E-state index contributed by atoms with van der Waals surface area (Å²) in [5.41, 5.74) is 16.0. The number of rotatable bonds is 6. The van der Waals surface area contributed by atoms with Crippen LogP contribution in [0.25, 0.3) is 66.8 Å². The summed E-state index contributed by atoms with van der Waals surface area (Å²) in [5.74, 6) is 0. The summed E-state index contributed by atoms with van der Waals surface area (Å²) >= 11 is 11.1. The normalized spacial score (nSPS) is 11.6. The van der Waals surface area contributed by atoms with E-state index in [0.717, 1.165) is 0 Å². The van der Waals surface area contributed by atoms with Crippen LogP contribution in [0, 0.1) is 41.5 Å². The van der Waals surface area contributed by atoms with Crippen LogP contribution >= 0.6 is 68.0 Å². The van der Waals surface area contributed by atoms with E-state index in [2.05, 4.69) is 110 Å². The summed E-state index contributed by atoms with van der Waals surface area (Å²) in [7, 11) is 0. The van der Waals surface area contributed by atoms with Crippen LogP contribution in [0.2, 0.25) is 0 Å². The summed E-state index contributed by atoms with van der Waals surface area (Å²) in [5, 5.41) is 14.2. The van der Waals surface area contributed by atoms with Gasteiger partial charge in [-0.25, -0.2) is 0 Å². The second-order valence-corrected chi connectivity index (χ2v) is 17.6. The predicted octanol–water partition coefficient (Wildman–Crippen LogP) is 13.9. The van der Waals surface area contributed by atoms with Crippen molar-refractivity contribution in [2.45, 2.75) is 41.5 Å². The molecule has 1 aromatic carbocycles. The summed E-state index contributed by atoms with van der Waals surface area (Å²) in [6.45, 7) is 13.4. The zero-order chi connectivity index (χ0) is 29.1. The van der Waals surface area contributed by atoms with Crippen molar-refractivity contribution in [2.75, 3.05) is 0 Å². The van der Waals surface area contributed by atoms with Crippen molar-refractivity contribution in [2.24, 2.45) is 0 Å². The van der Waals surface area contributed by atoms with Crippen molar-refractivity contribution in [3.05, 3.63) is 97.9 Å². The van der Waals surface area contributed by atoms with Gasteiger partial charge in [0, 0.05) is 29.3 Å². The highest BCUT2D eigenvalue weighted by Crippen LogP contribution is 2.57. The lowest BCUT2D eigenvalue weighted by atomic mass is 9.76. The van der Waals surface area contributed by atoms with Gasteiger partial charge < -0.3 is 0 Å². The van der Waals surface area contributed by atoms with E-state index in [1.807, 2.05) is 68.0 Å². The monoisotopic (exact) mass is 654 g/mol. The molecule has 7 rings (SSSR count). The molecule has 0 unspecified atom stereocenters. The molecule has 0 radical (unpaired) electrons. The van der Waals surface area contributed by atoms with E-state index in [9.17, 15) is 0 Å². The van der Waals surface area contributed by atoms with Crippen LogP contribution in [0.15, 0.2) is 68.7 Å². The number of hydrogen-bond donors (Lipinski definition) is 0. The number of hydrogen-bond acceptors (Lipinski definition) is 6. The van der Waals surface area contributed by atoms with Gasteiger partial charge in [0.15, 0.2) is 0 Å². The van der Waals surface area contributed by atoms with Gasteiger partial charge in [0.25, 0.3) is 0 Å². The summed E-state index contributed by atoms with van der Waals surface area (Å²) in [6.07, 6.45) is 0. The fourth-order valence-electron chi connectivity index (χ4n) is 5.93. The third-order valence-corrected chi connectivity index (χ3v) is 12.8. The minimum absolute atomic E-state index is 1.31. The second-order valence-electron chi connectivity index (χ2n) is 10.9. The van der Waals surface area contributed by atoms with Crippen molar-refractivity contribution in [1.29, 1.82) is 0 Å². The SMILES string of the molecule is Cc1cc(-c2c(-c3csc(C)c3)c(-c3csc(C)c3)c(-c3csc(C)c3)c(-c3csc(C)c3)c2-c2csc(C)c2)cs1. The van der Waals surface area contributed by atoms with Gasteiger partial charge >= 0.3 is 0 Å². The highest BCUT2D eigenvalue weighted by atomic mass is 32.1. The smallest absolute Gasteiger partial charge is 0.00205 e. The summed E-state index contributed by atoms with van der Waals surface area (Å²) < 4.78 is 0. The second kappa shape index (κ2) is 11.2. The van der Waals surface area contributed by atoms with Crippen LogP contribution in [0.4, 0.5) is 0 Å². The Kier molecular flexibility index (Phi) is 7.50. The van der Waals surface area contributed by atoms with Gasteiger partial charge in [0.05, 0.1) is 0 Å². The molecule has 6 aromatic heterocycles. The van der Waals surface area contributed by atoms with Crippen molar-refractivity contribution >= 4 is 68.0 Å². The van der Waals surface area contributed by atoms with E-state index in [0.29, 0.717) is 0 Å². The maximum atomic E-state index is 2.39. The molecule has 7 aromatic rings. The van der Waals surface area contributed by atoms with E-state index in [4.69, 9.17) is 0 Å². The van der Waals surface area contributed by atoms with Gasteiger partial charge in [-0.15, -0.1) is 68.0 Å². The molecule has 6 heteroatoms. The number of benzene rings is 1. The van der Waals surface area contributed by atoms with Crippen molar-refractivity contribution in [1.82, 2.24) is 0 Å². The lowest BCUT2D eigenvalue weighted by Gasteiger charge is -2.26. The molecule has 0 aliphatic rings. The Morgan fingerprint density at radius 2 is 0.405 bits per heavy atom. The van der Waals surface area contributed by atoms with Crippen LogP contribution in [-0.2, 0) is 0 Å². The lowest BCUT2D eigenvalue weighted by molar-refractivity contribution is 1.54. The molecule has 0 spiro atoms. The molecule has 0 fully saturated rings. The zero-order valence-corrected chi connectivity index (χ0v) is 29.3. The zero-order valence-electron chi connectivity index (χ0n) is 24.4. The molecule has 0 bridgehead atoms. The Morgan fingerprint density at radius 3 is 0.500 bits per heavy atom. The molecule has 0 saturated carbocycles. The Bertz CT molecular complexity index is 1660. The number of thiophene rings is 6. The molecular weight excluding hydrogens is 625 g/mol. The maximum absolute atomic E-state index is 2.39. The van der Waals surface area contributed by atoms with E-state index in [1.54, 1.807) is 0 Å².